The summed E-state index contributed by atoms with van der Waals surface area (Å²) >= 11 is 0. The largest absolute Gasteiger partial charge is 0.501 e. The third-order valence-electron chi connectivity index (χ3n) is 4.28. The zero-order valence-corrected chi connectivity index (χ0v) is 11.8. The van der Waals surface area contributed by atoms with Gasteiger partial charge in [0.25, 0.3) is 0 Å². The van der Waals surface area contributed by atoms with Crippen molar-refractivity contribution in [3.8, 4) is 0 Å². The van der Waals surface area contributed by atoms with Crippen LogP contribution in [0, 0.1) is 0 Å². The van der Waals surface area contributed by atoms with Gasteiger partial charge in [-0.3, -0.25) is 0 Å². The lowest BCUT2D eigenvalue weighted by Crippen LogP contribution is -2.54. The summed E-state index contributed by atoms with van der Waals surface area (Å²) in [5, 5.41) is 3.49. The molecule has 1 fully saturated rings. The Hall–Kier alpha value is -0.540. The number of ether oxygens (including phenoxy) is 2. The van der Waals surface area contributed by atoms with Crippen LogP contribution in [-0.4, -0.2) is 31.9 Å². The highest BCUT2D eigenvalue weighted by atomic mass is 16.5. The Morgan fingerprint density at radius 3 is 2.67 bits per heavy atom. The third-order valence-corrected chi connectivity index (χ3v) is 4.28. The van der Waals surface area contributed by atoms with Crippen molar-refractivity contribution in [2.75, 3.05) is 20.3 Å². The van der Waals surface area contributed by atoms with E-state index in [4.69, 9.17) is 9.47 Å². The minimum Gasteiger partial charge on any atom is -0.501 e. The topological polar surface area (TPSA) is 30.5 Å². The van der Waals surface area contributed by atoms with E-state index in [9.17, 15) is 0 Å². The van der Waals surface area contributed by atoms with Crippen LogP contribution in [0.15, 0.2) is 11.8 Å². The molecule has 1 aliphatic carbocycles. The summed E-state index contributed by atoms with van der Waals surface area (Å²) in [6.45, 7) is 3.77. The van der Waals surface area contributed by atoms with E-state index in [0.717, 1.165) is 26.1 Å². The molecule has 18 heavy (non-hydrogen) atoms. The normalized spacial score (nSPS) is 25.1. The van der Waals surface area contributed by atoms with Crippen molar-refractivity contribution in [3.05, 3.63) is 11.8 Å². The van der Waals surface area contributed by atoms with Crippen LogP contribution in [0.3, 0.4) is 0 Å². The molecule has 2 aliphatic rings. The Labute approximate surface area is 111 Å². The van der Waals surface area contributed by atoms with E-state index in [0.29, 0.717) is 6.04 Å². The van der Waals surface area contributed by atoms with Crippen LogP contribution in [0.25, 0.3) is 0 Å². The van der Waals surface area contributed by atoms with E-state index < -0.39 is 0 Å². The van der Waals surface area contributed by atoms with Crippen LogP contribution in [0.1, 0.15) is 51.9 Å². The lowest BCUT2D eigenvalue weighted by molar-refractivity contribution is -0.0822. The molecule has 1 atom stereocenters. The smallest absolute Gasteiger partial charge is 0.0876 e. The molecule has 0 aromatic heterocycles. The fourth-order valence-corrected chi connectivity index (χ4v) is 3.54. The van der Waals surface area contributed by atoms with Crippen LogP contribution >= 0.6 is 0 Å². The SMILES string of the molecule is CCOC1(C(NC)C2=COCCC2)CCCCC1. The van der Waals surface area contributed by atoms with Crippen molar-refractivity contribution in [1.29, 1.82) is 0 Å². The monoisotopic (exact) mass is 253 g/mol. The van der Waals surface area contributed by atoms with Gasteiger partial charge in [-0.1, -0.05) is 19.3 Å². The molecule has 1 N–H and O–H groups in total. The van der Waals surface area contributed by atoms with Crippen molar-refractivity contribution >= 4 is 0 Å². The van der Waals surface area contributed by atoms with Crippen molar-refractivity contribution in [3.63, 3.8) is 0 Å². The molecule has 1 aliphatic heterocycles. The fourth-order valence-electron chi connectivity index (χ4n) is 3.54. The Bertz CT molecular complexity index is 277. The second kappa shape index (κ2) is 6.58. The van der Waals surface area contributed by atoms with Gasteiger partial charge in [-0.2, -0.15) is 0 Å². The van der Waals surface area contributed by atoms with Gasteiger partial charge in [-0.15, -0.1) is 0 Å². The first-order valence-electron chi connectivity index (χ1n) is 7.44. The molecular formula is C15H27NO2. The summed E-state index contributed by atoms with van der Waals surface area (Å²) in [5.41, 5.74) is 1.38. The highest BCUT2D eigenvalue weighted by Gasteiger charge is 2.41. The number of likely N-dealkylation sites (N-methyl/N-ethyl adjacent to an activating group) is 1. The van der Waals surface area contributed by atoms with Crippen LogP contribution < -0.4 is 5.32 Å². The van der Waals surface area contributed by atoms with Crippen LogP contribution in [0.2, 0.25) is 0 Å². The number of rotatable bonds is 5. The predicted molar refractivity (Wildman–Crippen MR) is 73.6 cm³/mol. The first-order valence-corrected chi connectivity index (χ1v) is 7.44. The van der Waals surface area contributed by atoms with Gasteiger partial charge in [0.15, 0.2) is 0 Å². The van der Waals surface area contributed by atoms with Crippen molar-refractivity contribution in [1.82, 2.24) is 5.32 Å². The van der Waals surface area contributed by atoms with Crippen LogP contribution in [0.5, 0.6) is 0 Å². The molecule has 1 heterocycles. The van der Waals surface area contributed by atoms with Crippen LogP contribution in [0.4, 0.5) is 0 Å². The van der Waals surface area contributed by atoms with E-state index in [-0.39, 0.29) is 5.60 Å². The predicted octanol–water partition coefficient (Wildman–Crippen LogP) is 3.01. The van der Waals surface area contributed by atoms with Gasteiger partial charge in [0.1, 0.15) is 0 Å². The molecule has 0 amide bonds. The van der Waals surface area contributed by atoms with Crippen molar-refractivity contribution in [2.45, 2.75) is 63.5 Å². The summed E-state index contributed by atoms with van der Waals surface area (Å²) in [5.74, 6) is 0. The maximum Gasteiger partial charge on any atom is 0.0876 e. The minimum atomic E-state index is -0.00567. The van der Waals surface area contributed by atoms with Gasteiger partial charge in [0.05, 0.1) is 24.5 Å². The molecule has 3 heteroatoms. The molecule has 1 unspecified atom stereocenters. The maximum absolute atomic E-state index is 6.22. The van der Waals surface area contributed by atoms with Gasteiger partial charge < -0.3 is 14.8 Å². The van der Waals surface area contributed by atoms with E-state index in [1.54, 1.807) is 0 Å². The standard InChI is InChI=1S/C15H27NO2/c1-3-18-15(9-5-4-6-10-15)14(16-2)13-8-7-11-17-12-13/h12,14,16H,3-11H2,1-2H3. The van der Waals surface area contributed by atoms with Crippen LogP contribution in [-0.2, 0) is 9.47 Å². The molecule has 3 nitrogen and oxygen atoms in total. The Morgan fingerprint density at radius 2 is 2.11 bits per heavy atom. The van der Waals surface area contributed by atoms with Gasteiger partial charge in [0.2, 0.25) is 0 Å². The van der Waals surface area contributed by atoms with Gasteiger partial charge in [0, 0.05) is 6.61 Å². The van der Waals surface area contributed by atoms with E-state index in [1.807, 2.05) is 6.26 Å². The van der Waals surface area contributed by atoms with Crippen molar-refractivity contribution < 1.29 is 9.47 Å². The molecule has 1 saturated carbocycles. The molecule has 0 aromatic carbocycles. The first-order chi connectivity index (χ1) is 8.82. The number of hydrogen-bond donors (Lipinski definition) is 1. The number of hydrogen-bond acceptors (Lipinski definition) is 3. The first kappa shape index (κ1) is 13.9. The van der Waals surface area contributed by atoms with E-state index in [2.05, 4.69) is 19.3 Å². The lowest BCUT2D eigenvalue weighted by Gasteiger charge is -2.44. The Balaban J connectivity index is 2.17. The highest BCUT2D eigenvalue weighted by Crippen LogP contribution is 2.38. The molecule has 2 rings (SSSR count). The summed E-state index contributed by atoms with van der Waals surface area (Å²) in [4.78, 5) is 0. The maximum atomic E-state index is 6.22. The highest BCUT2D eigenvalue weighted by molar-refractivity contribution is 5.17. The van der Waals surface area contributed by atoms with E-state index >= 15 is 0 Å². The molecule has 104 valence electrons. The van der Waals surface area contributed by atoms with Gasteiger partial charge in [-0.05, 0) is 45.2 Å². The summed E-state index contributed by atoms with van der Waals surface area (Å²) in [6.07, 6.45) is 10.5. The molecular weight excluding hydrogens is 226 g/mol. The minimum absolute atomic E-state index is 0.00567. The second-order valence-corrected chi connectivity index (χ2v) is 5.45. The lowest BCUT2D eigenvalue weighted by atomic mass is 9.75. The Morgan fingerprint density at radius 1 is 1.33 bits per heavy atom. The summed E-state index contributed by atoms with van der Waals surface area (Å²) < 4.78 is 11.7. The zero-order chi connectivity index (χ0) is 12.8. The number of nitrogens with one attached hydrogen (secondary N) is 1. The van der Waals surface area contributed by atoms with Gasteiger partial charge >= 0.3 is 0 Å². The average Bonchev–Trinajstić information content (AvgIpc) is 2.42. The zero-order valence-electron chi connectivity index (χ0n) is 11.8. The molecule has 0 saturated heterocycles. The molecule has 0 bridgehead atoms. The second-order valence-electron chi connectivity index (χ2n) is 5.45. The average molecular weight is 253 g/mol. The molecule has 0 spiro atoms. The summed E-state index contributed by atoms with van der Waals surface area (Å²) in [7, 11) is 2.05. The fraction of sp³-hybridized carbons (Fsp3) is 0.867. The Kier molecular flexibility index (Phi) is 5.07. The molecule has 0 radical (unpaired) electrons. The summed E-state index contributed by atoms with van der Waals surface area (Å²) in [6, 6.07) is 0.318. The van der Waals surface area contributed by atoms with Gasteiger partial charge in [-0.25, -0.2) is 0 Å². The molecule has 0 aromatic rings. The third kappa shape index (κ3) is 2.89. The van der Waals surface area contributed by atoms with Crippen molar-refractivity contribution in [2.24, 2.45) is 0 Å². The quantitative estimate of drug-likeness (QED) is 0.817. The van der Waals surface area contributed by atoms with E-state index in [1.165, 1.54) is 37.7 Å².